The molecule has 18 heavy (non-hydrogen) atoms. The Labute approximate surface area is 114 Å². The summed E-state index contributed by atoms with van der Waals surface area (Å²) in [6, 6.07) is 3.21. The average molecular weight is 268 g/mol. The Morgan fingerprint density at radius 3 is 2.83 bits per heavy atom. The van der Waals surface area contributed by atoms with Crippen molar-refractivity contribution in [1.29, 1.82) is 5.26 Å². The van der Waals surface area contributed by atoms with E-state index in [1.54, 1.807) is 0 Å². The molecule has 0 aromatic heterocycles. The van der Waals surface area contributed by atoms with Crippen LogP contribution in [0.3, 0.4) is 0 Å². The molecule has 0 saturated heterocycles. The first kappa shape index (κ1) is 14.2. The molecule has 2 fully saturated rings. The third-order valence-corrected chi connectivity index (χ3v) is 5.22. The van der Waals surface area contributed by atoms with E-state index in [0.717, 1.165) is 30.8 Å². The molecule has 2 unspecified atom stereocenters. The minimum absolute atomic E-state index is 0.224. The Balaban J connectivity index is 1.76. The number of rotatable bonds is 8. The first-order valence-electron chi connectivity index (χ1n) is 7.18. The lowest BCUT2D eigenvalue weighted by Crippen LogP contribution is -2.48. The summed E-state index contributed by atoms with van der Waals surface area (Å²) in [5.41, 5.74) is -0.224. The van der Waals surface area contributed by atoms with E-state index in [2.05, 4.69) is 11.4 Å². The van der Waals surface area contributed by atoms with Gasteiger partial charge in [0.25, 0.3) is 0 Å². The number of nitriles is 1. The lowest BCUT2D eigenvalue weighted by Gasteiger charge is -2.30. The van der Waals surface area contributed by atoms with Gasteiger partial charge in [-0.05, 0) is 55.9 Å². The van der Waals surface area contributed by atoms with Crippen LogP contribution in [0.25, 0.3) is 0 Å². The van der Waals surface area contributed by atoms with Gasteiger partial charge in [0.15, 0.2) is 0 Å². The zero-order valence-corrected chi connectivity index (χ0v) is 11.8. The molecular formula is C14H24N2OS. The molecule has 2 N–H and O–H groups in total. The number of thioether (sulfide) groups is 1. The van der Waals surface area contributed by atoms with Gasteiger partial charge in [0.1, 0.15) is 5.54 Å². The minimum Gasteiger partial charge on any atom is -0.396 e. The van der Waals surface area contributed by atoms with Crippen LogP contribution in [0, 0.1) is 17.2 Å². The molecule has 0 radical (unpaired) electrons. The average Bonchev–Trinajstić information content (AvgIpc) is 3.10. The Morgan fingerprint density at radius 1 is 1.33 bits per heavy atom. The van der Waals surface area contributed by atoms with Gasteiger partial charge in [0, 0.05) is 12.6 Å². The van der Waals surface area contributed by atoms with Crippen molar-refractivity contribution < 1.29 is 5.11 Å². The lowest BCUT2D eigenvalue weighted by molar-refractivity contribution is 0.296. The Morgan fingerprint density at radius 2 is 2.17 bits per heavy atom. The number of nitrogens with zero attached hydrogens (tertiary/aromatic N) is 1. The van der Waals surface area contributed by atoms with Crippen LogP contribution in [0.1, 0.15) is 44.9 Å². The largest absolute Gasteiger partial charge is 0.396 e. The molecule has 2 aliphatic carbocycles. The van der Waals surface area contributed by atoms with E-state index in [4.69, 9.17) is 5.11 Å². The molecule has 0 spiro atoms. The number of hydrogen-bond acceptors (Lipinski definition) is 4. The van der Waals surface area contributed by atoms with E-state index in [0.29, 0.717) is 18.6 Å². The first-order valence-corrected chi connectivity index (χ1v) is 8.34. The van der Waals surface area contributed by atoms with Gasteiger partial charge in [0.05, 0.1) is 6.07 Å². The van der Waals surface area contributed by atoms with Crippen LogP contribution in [-0.2, 0) is 0 Å². The normalized spacial score (nSPS) is 31.4. The van der Waals surface area contributed by atoms with Crippen molar-refractivity contribution in [3.05, 3.63) is 0 Å². The van der Waals surface area contributed by atoms with Crippen molar-refractivity contribution in [2.75, 3.05) is 18.1 Å². The fraction of sp³-hybridized carbons (Fsp3) is 0.929. The second kappa shape index (κ2) is 6.79. The summed E-state index contributed by atoms with van der Waals surface area (Å²) in [7, 11) is 0. The SMILES string of the molecule is N#CC1(NC2CC2)CCCC1CCSCCCO. The van der Waals surface area contributed by atoms with Crippen LogP contribution in [0.5, 0.6) is 0 Å². The standard InChI is InChI=1S/C14H24N2OS/c15-11-14(16-13-4-5-13)7-1-3-12(14)6-10-18-9-2-8-17/h12-13,16-17H,1-10H2. The molecule has 2 rings (SSSR count). The molecule has 3 nitrogen and oxygen atoms in total. The first-order chi connectivity index (χ1) is 8.80. The molecule has 0 heterocycles. The summed E-state index contributed by atoms with van der Waals surface area (Å²) in [6.45, 7) is 0.293. The third kappa shape index (κ3) is 3.63. The quantitative estimate of drug-likeness (QED) is 0.663. The van der Waals surface area contributed by atoms with E-state index in [1.807, 2.05) is 11.8 Å². The molecule has 0 aromatic rings. The van der Waals surface area contributed by atoms with Crippen molar-refractivity contribution in [2.24, 2.45) is 5.92 Å². The van der Waals surface area contributed by atoms with Crippen LogP contribution in [0.15, 0.2) is 0 Å². The summed E-state index contributed by atoms with van der Waals surface area (Å²) >= 11 is 1.91. The second-order valence-corrected chi connectivity index (χ2v) is 6.79. The monoisotopic (exact) mass is 268 g/mol. The summed E-state index contributed by atoms with van der Waals surface area (Å²) in [6.07, 6.45) is 7.96. The molecule has 0 aromatic carbocycles. The zero-order chi connectivity index (χ0) is 12.8. The molecule has 0 aliphatic heterocycles. The summed E-state index contributed by atoms with van der Waals surface area (Å²) in [5.74, 6) is 2.70. The Bertz CT molecular complexity index is 301. The minimum atomic E-state index is -0.224. The summed E-state index contributed by atoms with van der Waals surface area (Å²) in [5, 5.41) is 21.9. The fourth-order valence-corrected chi connectivity index (χ4v) is 3.91. The topological polar surface area (TPSA) is 56.0 Å². The maximum atomic E-state index is 9.55. The van der Waals surface area contributed by atoms with Gasteiger partial charge in [-0.3, -0.25) is 5.32 Å². The highest BCUT2D eigenvalue weighted by molar-refractivity contribution is 7.99. The van der Waals surface area contributed by atoms with Gasteiger partial charge in [-0.1, -0.05) is 6.42 Å². The van der Waals surface area contributed by atoms with Crippen molar-refractivity contribution in [3.63, 3.8) is 0 Å². The number of aliphatic hydroxyl groups is 1. The number of nitrogens with one attached hydrogen (secondary N) is 1. The third-order valence-electron chi connectivity index (χ3n) is 4.12. The molecule has 2 atom stereocenters. The smallest absolute Gasteiger partial charge is 0.109 e. The van der Waals surface area contributed by atoms with Crippen LogP contribution < -0.4 is 5.32 Å². The van der Waals surface area contributed by atoms with Crippen LogP contribution in [-0.4, -0.2) is 34.8 Å². The second-order valence-electron chi connectivity index (χ2n) is 5.57. The van der Waals surface area contributed by atoms with Crippen LogP contribution >= 0.6 is 11.8 Å². The highest BCUT2D eigenvalue weighted by atomic mass is 32.2. The van der Waals surface area contributed by atoms with Crippen molar-refractivity contribution in [2.45, 2.75) is 56.5 Å². The Kier molecular flexibility index (Phi) is 5.35. The van der Waals surface area contributed by atoms with Gasteiger partial charge >= 0.3 is 0 Å². The molecule has 4 heteroatoms. The van der Waals surface area contributed by atoms with Gasteiger partial charge in [-0.25, -0.2) is 0 Å². The van der Waals surface area contributed by atoms with Gasteiger partial charge in [-0.15, -0.1) is 0 Å². The predicted octanol–water partition coefficient (Wildman–Crippen LogP) is 2.31. The Hall–Kier alpha value is -0.240. The van der Waals surface area contributed by atoms with Gasteiger partial charge < -0.3 is 5.11 Å². The van der Waals surface area contributed by atoms with Gasteiger partial charge in [-0.2, -0.15) is 17.0 Å². The predicted molar refractivity (Wildman–Crippen MR) is 75.5 cm³/mol. The molecule has 2 saturated carbocycles. The molecule has 0 bridgehead atoms. The molecule has 2 aliphatic rings. The van der Waals surface area contributed by atoms with E-state index < -0.39 is 0 Å². The lowest BCUT2D eigenvalue weighted by atomic mass is 9.86. The highest BCUT2D eigenvalue weighted by Crippen LogP contribution is 2.40. The van der Waals surface area contributed by atoms with Gasteiger partial charge in [0.2, 0.25) is 0 Å². The van der Waals surface area contributed by atoms with Crippen molar-refractivity contribution in [1.82, 2.24) is 5.32 Å². The number of hydrogen-bond donors (Lipinski definition) is 2. The van der Waals surface area contributed by atoms with Crippen LogP contribution in [0.4, 0.5) is 0 Å². The maximum absolute atomic E-state index is 9.55. The summed E-state index contributed by atoms with van der Waals surface area (Å²) in [4.78, 5) is 0. The zero-order valence-electron chi connectivity index (χ0n) is 11.0. The van der Waals surface area contributed by atoms with E-state index >= 15 is 0 Å². The van der Waals surface area contributed by atoms with Crippen LogP contribution in [0.2, 0.25) is 0 Å². The summed E-state index contributed by atoms with van der Waals surface area (Å²) < 4.78 is 0. The van der Waals surface area contributed by atoms with Crippen molar-refractivity contribution >= 4 is 11.8 Å². The molecule has 102 valence electrons. The van der Waals surface area contributed by atoms with E-state index in [9.17, 15) is 5.26 Å². The highest BCUT2D eigenvalue weighted by Gasteiger charge is 2.45. The maximum Gasteiger partial charge on any atom is 0.109 e. The fourth-order valence-electron chi connectivity index (χ4n) is 2.92. The molecule has 0 amide bonds. The van der Waals surface area contributed by atoms with E-state index in [1.165, 1.54) is 25.7 Å². The number of aliphatic hydroxyl groups excluding tert-OH is 1. The van der Waals surface area contributed by atoms with E-state index in [-0.39, 0.29) is 5.54 Å². The van der Waals surface area contributed by atoms with Crippen molar-refractivity contribution in [3.8, 4) is 6.07 Å². The molecular weight excluding hydrogens is 244 g/mol.